The van der Waals surface area contributed by atoms with E-state index in [2.05, 4.69) is 15.6 Å². The zero-order valence-corrected chi connectivity index (χ0v) is 16.2. The minimum absolute atomic E-state index is 0.0349. The number of amidine groups is 1. The molecule has 1 aromatic heterocycles. The van der Waals surface area contributed by atoms with Gasteiger partial charge in [0.15, 0.2) is 5.17 Å². The number of carbonyl (C=O) groups is 2. The van der Waals surface area contributed by atoms with Crippen LogP contribution in [0.15, 0.2) is 39.9 Å². The molecular weight excluding hydrogens is 421 g/mol. The fourth-order valence-electron chi connectivity index (χ4n) is 2.16. The predicted molar refractivity (Wildman–Crippen MR) is 104 cm³/mol. The third-order valence-corrected chi connectivity index (χ3v) is 5.54. The van der Waals surface area contributed by atoms with Crippen molar-refractivity contribution in [3.05, 3.63) is 51.4 Å². The van der Waals surface area contributed by atoms with Crippen molar-refractivity contribution in [2.24, 2.45) is 4.99 Å². The van der Waals surface area contributed by atoms with Crippen molar-refractivity contribution in [3.8, 4) is 0 Å². The lowest BCUT2D eigenvalue weighted by molar-refractivity contribution is -0.122. The summed E-state index contributed by atoms with van der Waals surface area (Å²) >= 11 is 19.0. The molecule has 3 rings (SSSR count). The van der Waals surface area contributed by atoms with E-state index >= 15 is 0 Å². The Hall–Kier alpha value is -1.67. The molecule has 2 amide bonds. The summed E-state index contributed by atoms with van der Waals surface area (Å²) in [6, 6.07) is 6.45. The zero-order chi connectivity index (χ0) is 18.7. The number of hydrogen-bond donors (Lipinski definition) is 2. The number of halogens is 3. The second kappa shape index (κ2) is 8.35. The number of thioether (sulfide) groups is 1. The van der Waals surface area contributed by atoms with E-state index in [1.807, 2.05) is 0 Å². The fourth-order valence-corrected chi connectivity index (χ4v) is 3.72. The number of aliphatic imine (C=N–C) groups is 1. The smallest absolute Gasteiger partial charge is 0.240 e. The lowest BCUT2D eigenvalue weighted by Crippen LogP contribution is -2.28. The van der Waals surface area contributed by atoms with Gasteiger partial charge in [-0.05, 0) is 24.3 Å². The second-order valence-corrected chi connectivity index (χ2v) is 7.71. The Morgan fingerprint density at radius 2 is 2.04 bits per heavy atom. The Kier molecular flexibility index (Phi) is 6.13. The normalized spacial score (nSPS) is 18.2. The van der Waals surface area contributed by atoms with Crippen LogP contribution in [0.4, 0.5) is 5.69 Å². The molecule has 1 aliphatic heterocycles. The average molecular weight is 433 g/mol. The first-order valence-electron chi connectivity index (χ1n) is 7.41. The molecule has 6 nitrogen and oxygen atoms in total. The van der Waals surface area contributed by atoms with Crippen molar-refractivity contribution >= 4 is 69.2 Å². The number of nitrogens with one attached hydrogen (secondary N) is 2. The summed E-state index contributed by atoms with van der Waals surface area (Å²) in [5.41, 5.74) is 0.334. The van der Waals surface area contributed by atoms with E-state index in [-0.39, 0.29) is 33.3 Å². The molecule has 0 radical (unpaired) electrons. The van der Waals surface area contributed by atoms with Crippen LogP contribution >= 0.6 is 46.6 Å². The highest BCUT2D eigenvalue weighted by atomic mass is 35.5. The van der Waals surface area contributed by atoms with Gasteiger partial charge in [0.05, 0.1) is 33.6 Å². The number of carbonyl (C=O) groups excluding carboxylic acids is 2. The third-order valence-electron chi connectivity index (χ3n) is 3.39. The Labute approximate surface area is 168 Å². The summed E-state index contributed by atoms with van der Waals surface area (Å²) in [4.78, 5) is 28.5. The van der Waals surface area contributed by atoms with E-state index in [4.69, 9.17) is 39.2 Å². The van der Waals surface area contributed by atoms with Crippen LogP contribution in [0.2, 0.25) is 15.1 Å². The lowest BCUT2D eigenvalue weighted by Gasteiger charge is -2.10. The van der Waals surface area contributed by atoms with Gasteiger partial charge in [0, 0.05) is 6.42 Å². The Bertz CT molecular complexity index is 871. The SMILES string of the molecule is O=C(C[C@@H]1SC(=NCc2ccco2)NC1=O)Nc1cc(Cl)c(Cl)cc1Cl. The number of anilines is 1. The van der Waals surface area contributed by atoms with Crippen molar-refractivity contribution in [3.63, 3.8) is 0 Å². The lowest BCUT2D eigenvalue weighted by atomic mass is 10.2. The molecule has 2 aromatic rings. The zero-order valence-electron chi connectivity index (χ0n) is 13.1. The summed E-state index contributed by atoms with van der Waals surface area (Å²) in [6.45, 7) is 0.313. The van der Waals surface area contributed by atoms with Gasteiger partial charge in [-0.25, -0.2) is 0 Å². The van der Waals surface area contributed by atoms with Crippen LogP contribution in [0.5, 0.6) is 0 Å². The molecule has 1 fully saturated rings. The first-order chi connectivity index (χ1) is 12.4. The van der Waals surface area contributed by atoms with Crippen LogP contribution in [0.1, 0.15) is 12.2 Å². The van der Waals surface area contributed by atoms with E-state index in [1.54, 1.807) is 18.4 Å². The Morgan fingerprint density at radius 1 is 1.27 bits per heavy atom. The molecule has 1 saturated heterocycles. The van der Waals surface area contributed by atoms with Crippen LogP contribution < -0.4 is 10.6 Å². The van der Waals surface area contributed by atoms with E-state index < -0.39 is 5.25 Å². The van der Waals surface area contributed by atoms with Gasteiger partial charge in [-0.2, -0.15) is 0 Å². The molecule has 2 heterocycles. The van der Waals surface area contributed by atoms with Gasteiger partial charge in [-0.1, -0.05) is 46.6 Å². The van der Waals surface area contributed by atoms with Crippen molar-refractivity contribution in [1.82, 2.24) is 5.32 Å². The Balaban J connectivity index is 1.58. The average Bonchev–Trinajstić information content (AvgIpc) is 3.21. The predicted octanol–water partition coefficient (Wildman–Crippen LogP) is 4.36. The van der Waals surface area contributed by atoms with E-state index in [1.165, 1.54) is 23.9 Å². The first-order valence-corrected chi connectivity index (χ1v) is 9.42. The van der Waals surface area contributed by atoms with Gasteiger partial charge in [0.2, 0.25) is 11.8 Å². The van der Waals surface area contributed by atoms with Crippen molar-refractivity contribution in [2.45, 2.75) is 18.2 Å². The van der Waals surface area contributed by atoms with Gasteiger partial charge in [0.1, 0.15) is 11.0 Å². The molecule has 2 N–H and O–H groups in total. The highest BCUT2D eigenvalue weighted by molar-refractivity contribution is 8.15. The summed E-state index contributed by atoms with van der Waals surface area (Å²) in [5, 5.41) is 5.98. The maximum absolute atomic E-state index is 12.2. The molecule has 1 atom stereocenters. The minimum Gasteiger partial charge on any atom is -0.467 e. The number of benzene rings is 1. The van der Waals surface area contributed by atoms with Crippen LogP contribution in [-0.2, 0) is 16.1 Å². The molecule has 0 saturated carbocycles. The number of rotatable bonds is 5. The van der Waals surface area contributed by atoms with Crippen LogP contribution in [0.3, 0.4) is 0 Å². The van der Waals surface area contributed by atoms with Crippen LogP contribution in [-0.4, -0.2) is 22.2 Å². The van der Waals surface area contributed by atoms with Crippen molar-refractivity contribution < 1.29 is 14.0 Å². The van der Waals surface area contributed by atoms with Gasteiger partial charge >= 0.3 is 0 Å². The molecule has 0 unspecified atom stereocenters. The van der Waals surface area contributed by atoms with Gasteiger partial charge in [-0.15, -0.1) is 0 Å². The quantitative estimate of drug-likeness (QED) is 0.688. The second-order valence-electron chi connectivity index (χ2n) is 5.29. The van der Waals surface area contributed by atoms with E-state index in [0.29, 0.717) is 23.2 Å². The van der Waals surface area contributed by atoms with Gasteiger partial charge in [0.25, 0.3) is 0 Å². The third kappa shape index (κ3) is 4.73. The van der Waals surface area contributed by atoms with E-state index in [9.17, 15) is 9.59 Å². The number of nitrogens with zero attached hydrogens (tertiary/aromatic N) is 1. The topological polar surface area (TPSA) is 83.7 Å². The highest BCUT2D eigenvalue weighted by Crippen LogP contribution is 2.32. The molecule has 0 spiro atoms. The molecule has 26 heavy (non-hydrogen) atoms. The molecular formula is C16H12Cl3N3O3S. The largest absolute Gasteiger partial charge is 0.467 e. The summed E-state index contributed by atoms with van der Waals surface area (Å²) in [6.07, 6.45) is 1.52. The van der Waals surface area contributed by atoms with Crippen LogP contribution in [0.25, 0.3) is 0 Å². The molecule has 136 valence electrons. The highest BCUT2D eigenvalue weighted by Gasteiger charge is 2.32. The van der Waals surface area contributed by atoms with Crippen LogP contribution in [0, 0.1) is 0 Å². The molecule has 0 bridgehead atoms. The van der Waals surface area contributed by atoms with Crippen molar-refractivity contribution in [1.29, 1.82) is 0 Å². The van der Waals surface area contributed by atoms with Crippen molar-refractivity contribution in [2.75, 3.05) is 5.32 Å². The summed E-state index contributed by atoms with van der Waals surface area (Å²) in [7, 11) is 0. The maximum Gasteiger partial charge on any atom is 0.240 e. The number of furan rings is 1. The Morgan fingerprint density at radius 3 is 2.77 bits per heavy atom. The molecule has 10 heteroatoms. The minimum atomic E-state index is -0.577. The molecule has 0 aliphatic carbocycles. The van der Waals surface area contributed by atoms with E-state index in [0.717, 1.165) is 0 Å². The van der Waals surface area contributed by atoms with Gasteiger partial charge < -0.3 is 15.1 Å². The standard InChI is InChI=1S/C16H12Cl3N3O3S/c17-9-4-11(19)12(5-10(9)18)21-14(23)6-13-15(24)22-16(26-13)20-7-8-2-1-3-25-8/h1-5,13H,6-7H2,(H,21,23)(H,20,22,24)/t13-/m0/s1. The van der Waals surface area contributed by atoms with Gasteiger partial charge in [-0.3, -0.25) is 14.6 Å². The molecule has 1 aromatic carbocycles. The number of hydrogen-bond acceptors (Lipinski definition) is 5. The fraction of sp³-hybridized carbons (Fsp3) is 0.188. The molecule has 1 aliphatic rings. The first kappa shape index (κ1) is 19.1. The summed E-state index contributed by atoms with van der Waals surface area (Å²) < 4.78 is 5.18. The maximum atomic E-state index is 12.2. The monoisotopic (exact) mass is 431 g/mol. The summed E-state index contributed by atoms with van der Waals surface area (Å²) in [5.74, 6) is 0.0385. The number of amides is 2.